The summed E-state index contributed by atoms with van der Waals surface area (Å²) in [4.78, 5) is 16.9. The Labute approximate surface area is 121 Å². The number of anilines is 1. The van der Waals surface area contributed by atoms with Crippen LogP contribution in [-0.2, 0) is 0 Å². The van der Waals surface area contributed by atoms with Crippen LogP contribution in [0.2, 0.25) is 0 Å². The van der Waals surface area contributed by atoms with Gasteiger partial charge in [-0.05, 0) is 42.8 Å². The van der Waals surface area contributed by atoms with Crippen LogP contribution in [0, 0.1) is 12.7 Å². The molecule has 0 bridgehead atoms. The quantitative estimate of drug-likeness (QED) is 0.731. The zero-order valence-electron chi connectivity index (χ0n) is 11.4. The number of pyridine rings is 1. The number of aromatic nitrogens is 1. The van der Waals surface area contributed by atoms with E-state index in [0.717, 1.165) is 5.39 Å². The van der Waals surface area contributed by atoms with E-state index in [1.54, 1.807) is 19.1 Å². The topological polar surface area (TPSA) is 56.0 Å². The number of halogens is 1. The molecule has 0 aliphatic carbocycles. The van der Waals surface area contributed by atoms with Gasteiger partial charge in [0.05, 0.1) is 5.52 Å². The lowest BCUT2D eigenvalue weighted by atomic mass is 10.0. The molecule has 4 heteroatoms. The van der Waals surface area contributed by atoms with Gasteiger partial charge in [-0.1, -0.05) is 18.2 Å². The predicted octanol–water partition coefficient (Wildman–Crippen LogP) is 3.50. The number of fused-ring (bicyclic) bond motifs is 1. The fraction of sp³-hybridized carbons (Fsp3) is 0.0588. The minimum atomic E-state index is -0.366. The van der Waals surface area contributed by atoms with E-state index in [1.165, 1.54) is 18.2 Å². The van der Waals surface area contributed by atoms with E-state index in [9.17, 15) is 9.18 Å². The lowest BCUT2D eigenvalue weighted by Crippen LogP contribution is -2.07. The van der Waals surface area contributed by atoms with Gasteiger partial charge in [-0.3, -0.25) is 4.79 Å². The van der Waals surface area contributed by atoms with Crippen molar-refractivity contribution in [3.63, 3.8) is 0 Å². The molecule has 0 aliphatic heterocycles. The molecule has 1 heterocycles. The molecule has 0 saturated heterocycles. The highest BCUT2D eigenvalue weighted by atomic mass is 19.1. The first-order valence-corrected chi connectivity index (χ1v) is 6.52. The molecule has 104 valence electrons. The van der Waals surface area contributed by atoms with E-state index >= 15 is 0 Å². The molecule has 3 nitrogen and oxygen atoms in total. The second-order valence-corrected chi connectivity index (χ2v) is 4.90. The Hall–Kier alpha value is -2.75. The third kappa shape index (κ3) is 2.36. The number of rotatable bonds is 2. The molecular formula is C17H13FN2O. The van der Waals surface area contributed by atoms with Gasteiger partial charge in [-0.25, -0.2) is 9.37 Å². The maximum Gasteiger partial charge on any atom is 0.211 e. The Morgan fingerprint density at radius 2 is 1.90 bits per heavy atom. The van der Waals surface area contributed by atoms with Crippen LogP contribution in [0.25, 0.3) is 10.9 Å². The highest BCUT2D eigenvalue weighted by Gasteiger charge is 2.15. The molecule has 2 N–H and O–H groups in total. The van der Waals surface area contributed by atoms with Crippen molar-refractivity contribution in [2.75, 3.05) is 5.73 Å². The number of carbonyl (C=O) groups is 1. The number of aryl methyl sites for hydroxylation is 1. The number of ketones is 1. The number of carbonyl (C=O) groups excluding carboxylic acids is 1. The zero-order valence-corrected chi connectivity index (χ0v) is 11.4. The van der Waals surface area contributed by atoms with Crippen molar-refractivity contribution in [1.82, 2.24) is 4.98 Å². The smallest absolute Gasteiger partial charge is 0.211 e. The number of hydrogen-bond donors (Lipinski definition) is 1. The molecule has 21 heavy (non-hydrogen) atoms. The Morgan fingerprint density at radius 3 is 2.67 bits per heavy atom. The first-order valence-electron chi connectivity index (χ1n) is 6.52. The molecule has 0 spiro atoms. The summed E-state index contributed by atoms with van der Waals surface area (Å²) in [7, 11) is 0. The number of nitrogens with zero attached hydrogens (tertiary/aromatic N) is 1. The van der Waals surface area contributed by atoms with Gasteiger partial charge in [-0.15, -0.1) is 0 Å². The summed E-state index contributed by atoms with van der Waals surface area (Å²) in [5.74, 6) is -0.625. The third-order valence-corrected chi connectivity index (χ3v) is 3.41. The minimum absolute atomic E-state index is 0.259. The summed E-state index contributed by atoms with van der Waals surface area (Å²) in [6.45, 7) is 1.70. The van der Waals surface area contributed by atoms with Crippen LogP contribution in [0.3, 0.4) is 0 Å². The van der Waals surface area contributed by atoms with Gasteiger partial charge in [0.1, 0.15) is 11.5 Å². The van der Waals surface area contributed by atoms with Crippen LogP contribution in [0.15, 0.2) is 48.5 Å². The molecular weight excluding hydrogens is 267 g/mol. The van der Waals surface area contributed by atoms with Crippen LogP contribution in [-0.4, -0.2) is 10.8 Å². The van der Waals surface area contributed by atoms with Crippen molar-refractivity contribution >= 4 is 22.4 Å². The predicted molar refractivity (Wildman–Crippen MR) is 80.7 cm³/mol. The highest BCUT2D eigenvalue weighted by molar-refractivity contribution is 6.10. The number of nitrogen functional groups attached to an aromatic ring is 1. The normalized spacial score (nSPS) is 10.8. The second kappa shape index (κ2) is 4.98. The number of para-hydroxylation sites is 1. The Kier molecular flexibility index (Phi) is 3.14. The van der Waals surface area contributed by atoms with Gasteiger partial charge >= 0.3 is 0 Å². The molecule has 0 atom stereocenters. The molecule has 0 unspecified atom stereocenters. The monoisotopic (exact) mass is 280 g/mol. The maximum absolute atomic E-state index is 13.1. The Balaban J connectivity index is 2.13. The summed E-state index contributed by atoms with van der Waals surface area (Å²) >= 11 is 0. The Morgan fingerprint density at radius 1 is 1.14 bits per heavy atom. The van der Waals surface area contributed by atoms with Crippen molar-refractivity contribution in [3.8, 4) is 0 Å². The van der Waals surface area contributed by atoms with E-state index in [0.29, 0.717) is 22.3 Å². The van der Waals surface area contributed by atoms with Gasteiger partial charge in [0.2, 0.25) is 5.78 Å². The van der Waals surface area contributed by atoms with Crippen molar-refractivity contribution < 1.29 is 9.18 Å². The molecule has 0 aliphatic rings. The molecule has 0 fully saturated rings. The van der Waals surface area contributed by atoms with Gasteiger partial charge in [-0.2, -0.15) is 0 Å². The van der Waals surface area contributed by atoms with Crippen molar-refractivity contribution in [1.29, 1.82) is 0 Å². The molecule has 3 aromatic rings. The first kappa shape index (κ1) is 13.2. The minimum Gasteiger partial charge on any atom is -0.398 e. The van der Waals surface area contributed by atoms with Crippen LogP contribution in [0.4, 0.5) is 10.1 Å². The summed E-state index contributed by atoms with van der Waals surface area (Å²) < 4.78 is 13.1. The lowest BCUT2D eigenvalue weighted by Gasteiger charge is -2.07. The SMILES string of the molecule is Cc1cc(F)ccc1C(=O)c1cc(N)c2ccccc2n1. The van der Waals surface area contributed by atoms with E-state index in [1.807, 2.05) is 18.2 Å². The van der Waals surface area contributed by atoms with Crippen molar-refractivity contribution in [2.45, 2.75) is 6.92 Å². The molecule has 0 amide bonds. The highest BCUT2D eigenvalue weighted by Crippen LogP contribution is 2.22. The first-order chi connectivity index (χ1) is 10.1. The molecule has 0 saturated carbocycles. The van der Waals surface area contributed by atoms with E-state index < -0.39 is 0 Å². The van der Waals surface area contributed by atoms with Crippen LogP contribution in [0.5, 0.6) is 0 Å². The molecule has 0 radical (unpaired) electrons. The van der Waals surface area contributed by atoms with Crippen molar-refractivity contribution in [3.05, 3.63) is 71.2 Å². The summed E-state index contributed by atoms with van der Waals surface area (Å²) in [5.41, 5.74) is 8.42. The molecule has 1 aromatic heterocycles. The second-order valence-electron chi connectivity index (χ2n) is 4.90. The average Bonchev–Trinajstić information content (AvgIpc) is 2.46. The van der Waals surface area contributed by atoms with Gasteiger partial charge < -0.3 is 5.73 Å². The molecule has 3 rings (SSSR count). The number of hydrogen-bond acceptors (Lipinski definition) is 3. The standard InChI is InChI=1S/C17H13FN2O/c1-10-8-11(18)6-7-12(10)17(21)16-9-14(19)13-4-2-3-5-15(13)20-16/h2-9H,1H3,(H2,19,20). The Bertz CT molecular complexity index is 859. The number of nitrogens with two attached hydrogens (primary N) is 1. The van der Waals surface area contributed by atoms with E-state index in [2.05, 4.69) is 4.98 Å². The average molecular weight is 280 g/mol. The van der Waals surface area contributed by atoms with Crippen LogP contribution in [0.1, 0.15) is 21.6 Å². The fourth-order valence-electron chi connectivity index (χ4n) is 2.34. The van der Waals surface area contributed by atoms with Crippen LogP contribution >= 0.6 is 0 Å². The van der Waals surface area contributed by atoms with E-state index in [-0.39, 0.29) is 17.3 Å². The third-order valence-electron chi connectivity index (χ3n) is 3.41. The maximum atomic E-state index is 13.1. The van der Waals surface area contributed by atoms with Gasteiger partial charge in [0, 0.05) is 16.6 Å². The summed E-state index contributed by atoms with van der Waals surface area (Å²) in [6, 6.07) is 13.0. The van der Waals surface area contributed by atoms with Crippen molar-refractivity contribution in [2.24, 2.45) is 0 Å². The summed E-state index contributed by atoms with van der Waals surface area (Å²) in [6.07, 6.45) is 0. The number of benzene rings is 2. The fourth-order valence-corrected chi connectivity index (χ4v) is 2.34. The zero-order chi connectivity index (χ0) is 15.0. The van der Waals surface area contributed by atoms with Gasteiger partial charge in [0.15, 0.2) is 0 Å². The largest absolute Gasteiger partial charge is 0.398 e. The lowest BCUT2D eigenvalue weighted by molar-refractivity contribution is 0.103. The van der Waals surface area contributed by atoms with Gasteiger partial charge in [0.25, 0.3) is 0 Å². The summed E-state index contributed by atoms with van der Waals surface area (Å²) in [5, 5.41) is 0.810. The van der Waals surface area contributed by atoms with Crippen LogP contribution < -0.4 is 5.73 Å². The molecule has 2 aromatic carbocycles. The van der Waals surface area contributed by atoms with E-state index in [4.69, 9.17) is 5.73 Å².